The van der Waals surface area contributed by atoms with E-state index in [0.717, 1.165) is 11.1 Å². The molecule has 0 fully saturated rings. The molecule has 0 saturated carbocycles. The maximum Gasteiger partial charge on any atom is 0.303 e. The molecule has 1 amide bonds. The summed E-state index contributed by atoms with van der Waals surface area (Å²) in [6, 6.07) is 16.8. The van der Waals surface area contributed by atoms with Crippen molar-refractivity contribution in [1.82, 2.24) is 5.32 Å². The van der Waals surface area contributed by atoms with Gasteiger partial charge in [0.25, 0.3) is 0 Å². The van der Waals surface area contributed by atoms with Crippen molar-refractivity contribution in [1.29, 1.82) is 0 Å². The van der Waals surface area contributed by atoms with Crippen molar-refractivity contribution >= 4 is 23.5 Å². The van der Waals surface area contributed by atoms with Gasteiger partial charge >= 0.3 is 5.97 Å². The Morgan fingerprint density at radius 1 is 0.917 bits per heavy atom. The lowest BCUT2D eigenvalue weighted by Crippen LogP contribution is -2.29. The maximum atomic E-state index is 12.2. The molecule has 0 spiro atoms. The summed E-state index contributed by atoms with van der Waals surface area (Å²) in [5, 5.41) is 12.3. The van der Waals surface area contributed by atoms with Gasteiger partial charge in [-0.2, -0.15) is 0 Å². The number of carboxylic acid groups (broad SMARTS) is 1. The number of benzene rings is 2. The van der Waals surface area contributed by atoms with Gasteiger partial charge in [0.15, 0.2) is 0 Å². The fraction of sp³-hybridized carbons (Fsp3) is 0.263. The molecule has 0 aliphatic heterocycles. The van der Waals surface area contributed by atoms with Gasteiger partial charge in [-0.15, -0.1) is 0 Å². The van der Waals surface area contributed by atoms with Gasteiger partial charge in [-0.25, -0.2) is 0 Å². The summed E-state index contributed by atoms with van der Waals surface area (Å²) in [5.74, 6) is -0.928. The first kappa shape index (κ1) is 18.0. The van der Waals surface area contributed by atoms with E-state index in [9.17, 15) is 9.59 Å². The summed E-state index contributed by atoms with van der Waals surface area (Å²) in [6.45, 7) is 0. The summed E-state index contributed by atoms with van der Waals surface area (Å²) in [6.07, 6.45) is 1.46. The Kier molecular flexibility index (Phi) is 6.82. The van der Waals surface area contributed by atoms with Crippen molar-refractivity contribution < 1.29 is 14.7 Å². The van der Waals surface area contributed by atoms with Crippen molar-refractivity contribution in [2.75, 3.05) is 0 Å². The number of carbonyl (C=O) groups is 2. The summed E-state index contributed by atoms with van der Waals surface area (Å²) >= 11 is 5.94. The van der Waals surface area contributed by atoms with Crippen molar-refractivity contribution in [2.24, 2.45) is 0 Å². The second-order valence-electron chi connectivity index (χ2n) is 5.56. The quantitative estimate of drug-likeness (QED) is 0.705. The molecule has 2 aromatic carbocycles. The summed E-state index contributed by atoms with van der Waals surface area (Å²) in [4.78, 5) is 22.7. The first-order chi connectivity index (χ1) is 11.6. The highest BCUT2D eigenvalue weighted by Gasteiger charge is 2.16. The first-order valence-electron chi connectivity index (χ1n) is 7.88. The zero-order valence-electron chi connectivity index (χ0n) is 13.2. The number of hydrogen-bond acceptors (Lipinski definition) is 2. The number of nitrogens with one attached hydrogen (secondary N) is 1. The molecule has 0 aliphatic rings. The average molecular weight is 346 g/mol. The minimum atomic E-state index is -0.835. The Morgan fingerprint density at radius 3 is 2.12 bits per heavy atom. The zero-order valence-corrected chi connectivity index (χ0v) is 14.0. The van der Waals surface area contributed by atoms with Gasteiger partial charge < -0.3 is 10.4 Å². The normalized spacial score (nSPS) is 11.7. The number of rotatable bonds is 8. The van der Waals surface area contributed by atoms with Gasteiger partial charge in [-0.05, 0) is 36.1 Å². The number of amides is 1. The molecule has 0 aromatic heterocycles. The van der Waals surface area contributed by atoms with Crippen LogP contribution in [0.15, 0.2) is 54.6 Å². The molecular formula is C19H20ClNO3. The molecule has 1 unspecified atom stereocenters. The predicted molar refractivity (Wildman–Crippen MR) is 94.0 cm³/mol. The van der Waals surface area contributed by atoms with Crippen LogP contribution in [0, 0.1) is 0 Å². The Morgan fingerprint density at radius 2 is 1.50 bits per heavy atom. The number of halogens is 1. The van der Waals surface area contributed by atoms with Crippen LogP contribution < -0.4 is 5.32 Å². The van der Waals surface area contributed by atoms with E-state index in [0.29, 0.717) is 24.3 Å². The Labute approximate surface area is 146 Å². The summed E-state index contributed by atoms with van der Waals surface area (Å²) in [5.41, 5.74) is 1.93. The molecule has 126 valence electrons. The van der Waals surface area contributed by atoms with Crippen LogP contribution in [0.1, 0.15) is 42.9 Å². The number of hydrogen-bond donors (Lipinski definition) is 2. The fourth-order valence-corrected chi connectivity index (χ4v) is 2.58. The van der Waals surface area contributed by atoms with Crippen molar-refractivity contribution in [3.63, 3.8) is 0 Å². The highest BCUT2D eigenvalue weighted by molar-refractivity contribution is 6.30. The van der Waals surface area contributed by atoms with Crippen molar-refractivity contribution in [2.45, 2.75) is 31.7 Å². The van der Waals surface area contributed by atoms with E-state index in [2.05, 4.69) is 5.32 Å². The van der Waals surface area contributed by atoms with Crippen LogP contribution in [-0.2, 0) is 9.59 Å². The average Bonchev–Trinajstić information content (AvgIpc) is 2.58. The molecule has 24 heavy (non-hydrogen) atoms. The maximum absolute atomic E-state index is 12.2. The molecule has 0 radical (unpaired) electrons. The third-order valence-corrected chi connectivity index (χ3v) is 3.94. The lowest BCUT2D eigenvalue weighted by Gasteiger charge is -2.20. The van der Waals surface area contributed by atoms with Crippen LogP contribution in [0.25, 0.3) is 0 Å². The first-order valence-corrected chi connectivity index (χ1v) is 8.25. The summed E-state index contributed by atoms with van der Waals surface area (Å²) in [7, 11) is 0. The van der Waals surface area contributed by atoms with E-state index in [4.69, 9.17) is 16.7 Å². The minimum Gasteiger partial charge on any atom is -0.481 e. The van der Waals surface area contributed by atoms with E-state index in [-0.39, 0.29) is 18.4 Å². The lowest BCUT2D eigenvalue weighted by molar-refractivity contribution is -0.137. The minimum absolute atomic E-state index is 0.0899. The highest BCUT2D eigenvalue weighted by Crippen LogP contribution is 2.23. The Hall–Kier alpha value is -2.33. The smallest absolute Gasteiger partial charge is 0.303 e. The number of carboxylic acids is 1. The van der Waals surface area contributed by atoms with E-state index >= 15 is 0 Å². The molecule has 4 nitrogen and oxygen atoms in total. The molecule has 0 aliphatic carbocycles. The Balaban J connectivity index is 2.05. The van der Waals surface area contributed by atoms with Crippen LogP contribution in [0.3, 0.4) is 0 Å². The van der Waals surface area contributed by atoms with Gasteiger partial charge in [0.05, 0.1) is 6.04 Å². The van der Waals surface area contributed by atoms with E-state index in [1.54, 1.807) is 12.1 Å². The van der Waals surface area contributed by atoms with Crippen LogP contribution in [0.5, 0.6) is 0 Å². The van der Waals surface area contributed by atoms with Gasteiger partial charge in [-0.1, -0.05) is 54.1 Å². The molecule has 2 aromatic rings. The largest absolute Gasteiger partial charge is 0.481 e. The van der Waals surface area contributed by atoms with Crippen LogP contribution in [0.4, 0.5) is 0 Å². The second-order valence-corrected chi connectivity index (χ2v) is 6.00. The molecule has 2 rings (SSSR count). The molecular weight excluding hydrogens is 326 g/mol. The van der Waals surface area contributed by atoms with Gasteiger partial charge in [0, 0.05) is 17.9 Å². The molecule has 0 bridgehead atoms. The van der Waals surface area contributed by atoms with E-state index < -0.39 is 5.97 Å². The third-order valence-electron chi connectivity index (χ3n) is 3.69. The lowest BCUT2D eigenvalue weighted by atomic mass is 9.98. The number of aliphatic carboxylic acids is 1. The molecule has 0 saturated heterocycles. The third kappa shape index (κ3) is 5.70. The second kappa shape index (κ2) is 9.08. The zero-order chi connectivity index (χ0) is 17.4. The predicted octanol–water partition coefficient (Wildman–Crippen LogP) is 4.19. The fourth-order valence-electron chi connectivity index (χ4n) is 2.45. The monoisotopic (exact) mass is 345 g/mol. The van der Waals surface area contributed by atoms with Gasteiger partial charge in [0.1, 0.15) is 0 Å². The van der Waals surface area contributed by atoms with E-state index in [1.807, 2.05) is 42.5 Å². The standard InChI is InChI=1S/C19H20ClNO3/c20-16-12-10-15(11-13-16)19(14-6-2-1-3-7-14)21-17(22)8-4-5-9-18(23)24/h1-3,6-7,10-13,19H,4-5,8-9H2,(H,21,22)(H,23,24). The van der Waals surface area contributed by atoms with Crippen molar-refractivity contribution in [3.05, 3.63) is 70.7 Å². The molecule has 1 atom stereocenters. The summed E-state index contributed by atoms with van der Waals surface area (Å²) < 4.78 is 0. The molecule has 5 heteroatoms. The van der Waals surface area contributed by atoms with Crippen LogP contribution >= 0.6 is 11.6 Å². The van der Waals surface area contributed by atoms with E-state index in [1.165, 1.54) is 0 Å². The number of unbranched alkanes of at least 4 members (excludes halogenated alkanes) is 1. The Bertz CT molecular complexity index is 671. The number of carbonyl (C=O) groups excluding carboxylic acids is 1. The molecule has 2 N–H and O–H groups in total. The highest BCUT2D eigenvalue weighted by atomic mass is 35.5. The van der Waals surface area contributed by atoms with Gasteiger partial charge in [0.2, 0.25) is 5.91 Å². The van der Waals surface area contributed by atoms with Gasteiger partial charge in [-0.3, -0.25) is 9.59 Å². The SMILES string of the molecule is O=C(O)CCCCC(=O)NC(c1ccccc1)c1ccc(Cl)cc1. The van der Waals surface area contributed by atoms with Crippen molar-refractivity contribution in [3.8, 4) is 0 Å². The van der Waals surface area contributed by atoms with Crippen LogP contribution in [-0.4, -0.2) is 17.0 Å². The molecule has 0 heterocycles. The van der Waals surface area contributed by atoms with Crippen LogP contribution in [0.2, 0.25) is 5.02 Å². The topological polar surface area (TPSA) is 66.4 Å².